The molecule has 2 aromatic heterocycles. The average molecular weight is 545 g/mol. The maximum atomic E-state index is 13.3. The van der Waals surface area contributed by atoms with Crippen LogP contribution in [0.25, 0.3) is 22.5 Å². The minimum absolute atomic E-state index is 0.000509. The van der Waals surface area contributed by atoms with Crippen LogP contribution in [0.2, 0.25) is 0 Å². The third-order valence-corrected chi connectivity index (χ3v) is 6.41. The Morgan fingerprint density at radius 3 is 2.30 bits per heavy atom. The number of rotatable bonds is 10. The van der Waals surface area contributed by atoms with Crippen molar-refractivity contribution in [2.45, 2.75) is 66.8 Å². The normalized spacial score (nSPS) is 11.6. The summed E-state index contributed by atoms with van der Waals surface area (Å²) >= 11 is 0. The van der Waals surface area contributed by atoms with Crippen LogP contribution in [-0.2, 0) is 27.2 Å². The summed E-state index contributed by atoms with van der Waals surface area (Å²) in [6.45, 7) is 11.5. The molecule has 0 saturated heterocycles. The number of nitrogens with one attached hydrogen (secondary N) is 1. The van der Waals surface area contributed by atoms with Gasteiger partial charge >= 0.3 is 11.9 Å². The first kappa shape index (κ1) is 28.7. The summed E-state index contributed by atoms with van der Waals surface area (Å²) in [7, 11) is 0. The first-order chi connectivity index (χ1) is 19.1. The molecule has 0 amide bonds. The summed E-state index contributed by atoms with van der Waals surface area (Å²) in [6, 6.07) is 16.1. The number of H-pyrrole nitrogens is 1. The van der Waals surface area contributed by atoms with Crippen molar-refractivity contribution in [1.29, 1.82) is 0 Å². The van der Waals surface area contributed by atoms with Crippen LogP contribution in [0, 0.1) is 5.41 Å². The third-order valence-electron chi connectivity index (χ3n) is 6.41. The quantitative estimate of drug-likeness (QED) is 0.203. The molecule has 0 spiro atoms. The lowest BCUT2D eigenvalue weighted by molar-refractivity contribution is -0.161. The maximum absolute atomic E-state index is 13.3. The molecule has 0 saturated carbocycles. The van der Waals surface area contributed by atoms with Crippen molar-refractivity contribution in [2.24, 2.45) is 5.41 Å². The van der Waals surface area contributed by atoms with Crippen molar-refractivity contribution in [3.63, 3.8) is 0 Å². The number of hydrogen-bond acceptors (Lipinski definition) is 8. The minimum Gasteiger partial charge on any atom is -0.427 e. The fourth-order valence-corrected chi connectivity index (χ4v) is 4.35. The molecule has 4 aromatic rings. The number of nitrogens with zero attached hydrogens (tertiary/aromatic N) is 5. The molecule has 1 N–H and O–H groups in total. The van der Waals surface area contributed by atoms with Crippen LogP contribution in [0.3, 0.4) is 0 Å². The lowest BCUT2D eigenvalue weighted by Gasteiger charge is -2.16. The van der Waals surface area contributed by atoms with Gasteiger partial charge in [-0.15, -0.1) is 10.2 Å². The molecular formula is C30H36N6O4. The van der Waals surface area contributed by atoms with Gasteiger partial charge in [-0.2, -0.15) is 10.3 Å². The summed E-state index contributed by atoms with van der Waals surface area (Å²) in [5, 5.41) is 19.2. The van der Waals surface area contributed by atoms with E-state index in [1.165, 1.54) is 0 Å². The largest absolute Gasteiger partial charge is 0.427 e. The molecule has 0 aliphatic carbocycles. The molecule has 0 unspecified atom stereocenters. The van der Waals surface area contributed by atoms with Crippen LogP contribution in [0.1, 0.15) is 81.2 Å². The number of benzene rings is 2. The van der Waals surface area contributed by atoms with Gasteiger partial charge in [0.2, 0.25) is 12.6 Å². The van der Waals surface area contributed by atoms with Gasteiger partial charge in [0.05, 0.1) is 16.8 Å². The molecule has 10 nitrogen and oxygen atoms in total. The van der Waals surface area contributed by atoms with E-state index < -0.39 is 24.1 Å². The van der Waals surface area contributed by atoms with E-state index in [0.29, 0.717) is 30.0 Å². The Balaban J connectivity index is 1.62. The summed E-state index contributed by atoms with van der Waals surface area (Å²) in [5.41, 5.74) is 5.08. The molecule has 0 aliphatic heterocycles. The molecule has 40 heavy (non-hydrogen) atoms. The van der Waals surface area contributed by atoms with Crippen LogP contribution in [0.5, 0.6) is 0 Å². The van der Waals surface area contributed by atoms with Crippen molar-refractivity contribution >= 4 is 11.9 Å². The molecule has 2 aromatic carbocycles. The highest BCUT2D eigenvalue weighted by Crippen LogP contribution is 2.31. The molecule has 0 fully saturated rings. The molecule has 0 radical (unpaired) electrons. The number of aromatic amines is 1. The zero-order valence-corrected chi connectivity index (χ0v) is 23.9. The number of carbonyl (C=O) groups excluding carboxylic acids is 2. The fourth-order valence-electron chi connectivity index (χ4n) is 4.35. The van der Waals surface area contributed by atoms with Gasteiger partial charge in [-0.05, 0) is 55.0 Å². The Morgan fingerprint density at radius 1 is 1.00 bits per heavy atom. The summed E-state index contributed by atoms with van der Waals surface area (Å²) in [5.74, 6) is -0.457. The van der Waals surface area contributed by atoms with E-state index in [1.807, 2.05) is 67.1 Å². The number of carbonyl (C=O) groups is 2. The summed E-state index contributed by atoms with van der Waals surface area (Å²) in [4.78, 5) is 25.5. The van der Waals surface area contributed by atoms with E-state index in [0.717, 1.165) is 34.4 Å². The smallest absolute Gasteiger partial charge is 0.344 e. The molecule has 2 heterocycles. The zero-order valence-electron chi connectivity index (χ0n) is 23.9. The first-order valence-corrected chi connectivity index (χ1v) is 13.5. The molecular weight excluding hydrogens is 508 g/mol. The topological polar surface area (TPSA) is 125 Å². The Morgan fingerprint density at radius 2 is 1.70 bits per heavy atom. The molecule has 4 rings (SSSR count). The molecule has 0 aliphatic rings. The van der Waals surface area contributed by atoms with Gasteiger partial charge in [0.15, 0.2) is 0 Å². The van der Waals surface area contributed by atoms with Crippen LogP contribution in [-0.4, -0.2) is 49.1 Å². The SMILES string of the molecule is CCCn1nc(C(C)C)c(C(=O)OCOC(=O)C(C)(C)C)c1Cc1ccc(-c2ccccc2-c2nn[nH]n2)cc1. The molecule has 0 bridgehead atoms. The number of esters is 2. The zero-order chi connectivity index (χ0) is 28.9. The second-order valence-corrected chi connectivity index (χ2v) is 11.0. The Bertz CT molecular complexity index is 1450. The number of tetrazole rings is 1. The second-order valence-electron chi connectivity index (χ2n) is 11.0. The van der Waals surface area contributed by atoms with Crippen molar-refractivity contribution in [3.8, 4) is 22.5 Å². The lowest BCUT2D eigenvalue weighted by Crippen LogP contribution is -2.25. The summed E-state index contributed by atoms with van der Waals surface area (Å²) in [6.07, 6.45) is 1.34. The van der Waals surface area contributed by atoms with Crippen molar-refractivity contribution in [1.82, 2.24) is 30.4 Å². The van der Waals surface area contributed by atoms with Gasteiger partial charge in [-0.25, -0.2) is 4.79 Å². The van der Waals surface area contributed by atoms with E-state index in [-0.39, 0.29) is 5.92 Å². The third kappa shape index (κ3) is 6.44. The van der Waals surface area contributed by atoms with Gasteiger partial charge in [0.1, 0.15) is 5.56 Å². The highest BCUT2D eigenvalue weighted by atomic mass is 16.7. The Kier molecular flexibility index (Phi) is 8.77. The van der Waals surface area contributed by atoms with Crippen LogP contribution in [0.15, 0.2) is 48.5 Å². The van der Waals surface area contributed by atoms with E-state index in [2.05, 4.69) is 27.5 Å². The highest BCUT2D eigenvalue weighted by molar-refractivity contribution is 5.92. The molecule has 210 valence electrons. The Hall–Kier alpha value is -4.34. The lowest BCUT2D eigenvalue weighted by atomic mass is 9.96. The number of ether oxygens (including phenoxy) is 2. The highest BCUT2D eigenvalue weighted by Gasteiger charge is 2.28. The van der Waals surface area contributed by atoms with Crippen LogP contribution < -0.4 is 0 Å². The van der Waals surface area contributed by atoms with Crippen LogP contribution >= 0.6 is 0 Å². The van der Waals surface area contributed by atoms with Gasteiger partial charge in [0.25, 0.3) is 0 Å². The predicted molar refractivity (Wildman–Crippen MR) is 150 cm³/mol. The standard InChI is InChI=1S/C30H36N6O4/c1-7-16-36-24(25(26(33-36)19(2)3)28(37)39-18-40-29(38)30(4,5)6)17-20-12-14-21(15-13-20)22-10-8-9-11-23(22)27-31-34-35-32-27/h8-15,19H,7,16-18H2,1-6H3,(H,31,32,34,35). The van der Waals surface area contributed by atoms with E-state index >= 15 is 0 Å². The van der Waals surface area contributed by atoms with Crippen molar-refractivity contribution in [2.75, 3.05) is 6.79 Å². The number of aromatic nitrogens is 6. The van der Waals surface area contributed by atoms with Gasteiger partial charge in [0, 0.05) is 18.5 Å². The minimum atomic E-state index is -0.690. The molecule has 10 heteroatoms. The fraction of sp³-hybridized carbons (Fsp3) is 0.400. The average Bonchev–Trinajstić information content (AvgIpc) is 3.58. The van der Waals surface area contributed by atoms with Crippen molar-refractivity contribution < 1.29 is 19.1 Å². The van der Waals surface area contributed by atoms with E-state index in [1.54, 1.807) is 20.8 Å². The summed E-state index contributed by atoms with van der Waals surface area (Å²) < 4.78 is 12.5. The first-order valence-electron chi connectivity index (χ1n) is 13.5. The van der Waals surface area contributed by atoms with E-state index in [9.17, 15) is 9.59 Å². The van der Waals surface area contributed by atoms with E-state index in [4.69, 9.17) is 14.6 Å². The van der Waals surface area contributed by atoms with Crippen molar-refractivity contribution in [3.05, 3.63) is 71.0 Å². The number of aryl methyl sites for hydroxylation is 1. The predicted octanol–water partition coefficient (Wildman–Crippen LogP) is 5.56. The monoisotopic (exact) mass is 544 g/mol. The number of hydrogen-bond donors (Lipinski definition) is 1. The maximum Gasteiger partial charge on any atom is 0.344 e. The Labute approximate surface area is 234 Å². The van der Waals surface area contributed by atoms with Gasteiger partial charge in [-0.3, -0.25) is 9.48 Å². The van der Waals surface area contributed by atoms with Gasteiger partial charge < -0.3 is 9.47 Å². The van der Waals surface area contributed by atoms with Gasteiger partial charge in [-0.1, -0.05) is 69.3 Å². The second kappa shape index (κ2) is 12.2. The van der Waals surface area contributed by atoms with Crippen LogP contribution in [0.4, 0.5) is 0 Å². The molecule has 0 atom stereocenters.